The third-order valence-electron chi connectivity index (χ3n) is 4.92. The highest BCUT2D eigenvalue weighted by Gasteiger charge is 2.21. The van der Waals surface area contributed by atoms with E-state index in [4.69, 9.17) is 16.1 Å². The van der Waals surface area contributed by atoms with E-state index < -0.39 is 0 Å². The maximum Gasteiger partial charge on any atom is 0.258 e. The molecule has 3 aromatic heterocycles. The molecule has 29 heavy (non-hydrogen) atoms. The van der Waals surface area contributed by atoms with Crippen molar-refractivity contribution in [3.63, 3.8) is 0 Å². The van der Waals surface area contributed by atoms with Crippen LogP contribution in [-0.4, -0.2) is 25.8 Å². The summed E-state index contributed by atoms with van der Waals surface area (Å²) in [5.41, 5.74) is 5.19. The standard InChI is InChI=1S/C21H20ClN5O2/c1-11-5-7-15(8-6-11)24-21(28)16-9-23-20-18(19(16)22)13(3)25-27(20)10-17-12(2)26-29-14(17)4/h5-9H,10H2,1-4H3,(H,24,28). The number of hydrogen-bond donors (Lipinski definition) is 1. The smallest absolute Gasteiger partial charge is 0.258 e. The molecule has 8 heteroatoms. The van der Waals surface area contributed by atoms with E-state index in [0.717, 1.165) is 22.6 Å². The van der Waals surface area contributed by atoms with Crippen molar-refractivity contribution >= 4 is 34.2 Å². The molecule has 0 radical (unpaired) electrons. The van der Waals surface area contributed by atoms with Gasteiger partial charge in [0.25, 0.3) is 5.91 Å². The summed E-state index contributed by atoms with van der Waals surface area (Å²) in [5.74, 6) is 0.426. The number of aromatic nitrogens is 4. The molecule has 0 aliphatic rings. The van der Waals surface area contributed by atoms with Crippen LogP contribution in [0.1, 0.15) is 38.6 Å². The number of benzene rings is 1. The van der Waals surface area contributed by atoms with Gasteiger partial charge in [-0.15, -0.1) is 0 Å². The van der Waals surface area contributed by atoms with Crippen molar-refractivity contribution in [1.29, 1.82) is 0 Å². The van der Waals surface area contributed by atoms with Crippen molar-refractivity contribution < 1.29 is 9.32 Å². The lowest BCUT2D eigenvalue weighted by Gasteiger charge is -2.08. The summed E-state index contributed by atoms with van der Waals surface area (Å²) < 4.78 is 6.99. The maximum atomic E-state index is 12.7. The predicted molar refractivity (Wildman–Crippen MR) is 111 cm³/mol. The predicted octanol–water partition coefficient (Wildman–Crippen LogP) is 4.61. The minimum Gasteiger partial charge on any atom is -0.361 e. The molecule has 148 valence electrons. The van der Waals surface area contributed by atoms with Crippen molar-refractivity contribution in [2.45, 2.75) is 34.2 Å². The second-order valence-electron chi connectivity index (χ2n) is 7.05. The van der Waals surface area contributed by atoms with Crippen molar-refractivity contribution in [2.24, 2.45) is 0 Å². The van der Waals surface area contributed by atoms with Crippen LogP contribution >= 0.6 is 11.6 Å². The van der Waals surface area contributed by atoms with Crippen LogP contribution < -0.4 is 5.32 Å². The molecule has 0 bridgehead atoms. The van der Waals surface area contributed by atoms with E-state index in [1.165, 1.54) is 6.20 Å². The number of amides is 1. The number of aryl methyl sites for hydroxylation is 4. The van der Waals surface area contributed by atoms with Gasteiger partial charge < -0.3 is 9.84 Å². The lowest BCUT2D eigenvalue weighted by atomic mass is 10.1. The van der Waals surface area contributed by atoms with Gasteiger partial charge in [-0.05, 0) is 39.8 Å². The van der Waals surface area contributed by atoms with Gasteiger partial charge in [-0.2, -0.15) is 5.10 Å². The van der Waals surface area contributed by atoms with E-state index in [2.05, 4.69) is 20.6 Å². The number of pyridine rings is 1. The number of fused-ring (bicyclic) bond motifs is 1. The molecular weight excluding hydrogens is 390 g/mol. The van der Waals surface area contributed by atoms with Crippen LogP contribution in [0, 0.1) is 27.7 Å². The summed E-state index contributed by atoms with van der Waals surface area (Å²) in [5, 5.41) is 12.4. The first-order valence-corrected chi connectivity index (χ1v) is 9.54. The average molecular weight is 410 g/mol. The zero-order valence-corrected chi connectivity index (χ0v) is 17.3. The van der Waals surface area contributed by atoms with Gasteiger partial charge in [0.1, 0.15) is 5.76 Å². The molecule has 1 amide bonds. The van der Waals surface area contributed by atoms with Gasteiger partial charge in [-0.25, -0.2) is 9.67 Å². The van der Waals surface area contributed by atoms with Gasteiger partial charge >= 0.3 is 0 Å². The Bertz CT molecular complexity index is 1200. The van der Waals surface area contributed by atoms with Gasteiger partial charge in [-0.1, -0.05) is 34.5 Å². The monoisotopic (exact) mass is 409 g/mol. The first-order valence-electron chi connectivity index (χ1n) is 9.16. The lowest BCUT2D eigenvalue weighted by Crippen LogP contribution is -2.13. The summed E-state index contributed by atoms with van der Waals surface area (Å²) in [6, 6.07) is 7.56. The number of halogens is 1. The SMILES string of the molecule is Cc1ccc(NC(=O)c2cnc3c(c(C)nn3Cc3c(C)noc3C)c2Cl)cc1. The molecule has 0 fully saturated rings. The van der Waals surface area contributed by atoms with Crippen LogP contribution in [0.2, 0.25) is 5.02 Å². The molecule has 0 saturated carbocycles. The molecule has 4 rings (SSSR count). The number of anilines is 1. The Morgan fingerprint density at radius 2 is 1.86 bits per heavy atom. The zero-order valence-electron chi connectivity index (χ0n) is 16.6. The van der Waals surface area contributed by atoms with Crippen LogP contribution in [-0.2, 0) is 6.54 Å². The highest BCUT2D eigenvalue weighted by molar-refractivity contribution is 6.39. The number of hydrogen-bond acceptors (Lipinski definition) is 5. The summed E-state index contributed by atoms with van der Waals surface area (Å²) >= 11 is 6.61. The topological polar surface area (TPSA) is 85.8 Å². The van der Waals surface area contributed by atoms with Crippen LogP contribution in [0.25, 0.3) is 11.0 Å². The second-order valence-corrected chi connectivity index (χ2v) is 7.43. The number of nitrogens with zero attached hydrogens (tertiary/aromatic N) is 4. The van der Waals surface area contributed by atoms with Crippen LogP contribution in [0.15, 0.2) is 35.0 Å². The normalized spacial score (nSPS) is 11.2. The molecule has 0 aliphatic heterocycles. The van der Waals surface area contributed by atoms with Crippen LogP contribution in [0.5, 0.6) is 0 Å². The third-order valence-corrected chi connectivity index (χ3v) is 5.31. The fourth-order valence-corrected chi connectivity index (χ4v) is 3.61. The van der Waals surface area contributed by atoms with Crippen molar-refractivity contribution in [2.75, 3.05) is 5.32 Å². The first-order chi connectivity index (χ1) is 13.8. The third kappa shape index (κ3) is 3.49. The summed E-state index contributed by atoms with van der Waals surface area (Å²) in [4.78, 5) is 17.2. The van der Waals surface area contributed by atoms with Crippen molar-refractivity contribution in [3.05, 3.63) is 69.3 Å². The van der Waals surface area contributed by atoms with E-state index >= 15 is 0 Å². The van der Waals surface area contributed by atoms with Gasteiger partial charge in [0, 0.05) is 17.4 Å². The number of carbonyl (C=O) groups is 1. The Labute approximate surface area is 172 Å². The highest BCUT2D eigenvalue weighted by atomic mass is 35.5. The quantitative estimate of drug-likeness (QED) is 0.532. The molecule has 7 nitrogen and oxygen atoms in total. The van der Waals surface area contributed by atoms with Gasteiger partial charge in [0.05, 0.1) is 33.9 Å². The van der Waals surface area contributed by atoms with Crippen molar-refractivity contribution in [3.8, 4) is 0 Å². The van der Waals surface area contributed by atoms with Gasteiger partial charge in [0.2, 0.25) is 0 Å². The van der Waals surface area contributed by atoms with Crippen molar-refractivity contribution in [1.82, 2.24) is 19.9 Å². The summed E-state index contributed by atoms with van der Waals surface area (Å²) in [6.07, 6.45) is 1.49. The molecule has 0 unspecified atom stereocenters. The minimum atomic E-state index is -0.314. The number of rotatable bonds is 4. The summed E-state index contributed by atoms with van der Waals surface area (Å²) in [6.45, 7) is 8.05. The minimum absolute atomic E-state index is 0.305. The Morgan fingerprint density at radius 1 is 1.14 bits per heavy atom. The van der Waals surface area contributed by atoms with Crippen LogP contribution in [0.4, 0.5) is 5.69 Å². The van der Waals surface area contributed by atoms with E-state index in [1.54, 1.807) is 4.68 Å². The molecular formula is C21H20ClN5O2. The van der Waals surface area contributed by atoms with Crippen LogP contribution in [0.3, 0.4) is 0 Å². The molecule has 0 saturated heterocycles. The fraction of sp³-hybridized carbons (Fsp3) is 0.238. The lowest BCUT2D eigenvalue weighted by molar-refractivity contribution is 0.102. The molecule has 3 heterocycles. The number of nitrogens with one attached hydrogen (secondary N) is 1. The molecule has 4 aromatic rings. The maximum absolute atomic E-state index is 12.7. The van der Waals surface area contributed by atoms with E-state index in [9.17, 15) is 4.79 Å². The first kappa shape index (κ1) is 19.1. The fourth-order valence-electron chi connectivity index (χ4n) is 3.26. The van der Waals surface area contributed by atoms with E-state index in [0.29, 0.717) is 39.5 Å². The average Bonchev–Trinajstić information content (AvgIpc) is 3.18. The molecule has 0 spiro atoms. The molecule has 0 atom stereocenters. The molecule has 1 aromatic carbocycles. The molecule has 0 aliphatic carbocycles. The largest absolute Gasteiger partial charge is 0.361 e. The second kappa shape index (κ2) is 7.33. The van der Waals surface area contributed by atoms with Gasteiger partial charge in [-0.3, -0.25) is 4.79 Å². The van der Waals surface area contributed by atoms with Gasteiger partial charge in [0.15, 0.2) is 5.65 Å². The highest BCUT2D eigenvalue weighted by Crippen LogP contribution is 2.30. The Balaban J connectivity index is 1.70. The Morgan fingerprint density at radius 3 is 2.52 bits per heavy atom. The zero-order chi connectivity index (χ0) is 20.7. The Hall–Kier alpha value is -3.19. The van der Waals surface area contributed by atoms with E-state index in [-0.39, 0.29) is 5.91 Å². The molecule has 1 N–H and O–H groups in total. The summed E-state index contributed by atoms with van der Waals surface area (Å²) in [7, 11) is 0. The van der Waals surface area contributed by atoms with E-state index in [1.807, 2.05) is 52.0 Å². The Kier molecular flexibility index (Phi) is 4.84. The number of carbonyl (C=O) groups excluding carboxylic acids is 1.